The molecule has 0 unspecified atom stereocenters. The second-order valence-corrected chi connectivity index (χ2v) is 3.82. The van der Waals surface area contributed by atoms with Gasteiger partial charge in [-0.15, -0.1) is 0 Å². The van der Waals surface area contributed by atoms with Gasteiger partial charge in [-0.1, -0.05) is 12.2 Å². The Morgan fingerprint density at radius 2 is 1.00 bits per heavy atom. The van der Waals surface area contributed by atoms with Crippen LogP contribution in [0.15, 0.2) is 36.4 Å². The van der Waals surface area contributed by atoms with Crippen LogP contribution in [0.3, 0.4) is 0 Å². The molecule has 0 atom stereocenters. The molecule has 0 amide bonds. The van der Waals surface area contributed by atoms with E-state index < -0.39 is 0 Å². The molecule has 0 aliphatic carbocycles. The van der Waals surface area contributed by atoms with E-state index in [4.69, 9.17) is 0 Å². The maximum atomic E-state index is 9.56. The first-order valence-corrected chi connectivity index (χ1v) is 5.28. The van der Waals surface area contributed by atoms with Crippen molar-refractivity contribution in [2.75, 3.05) is 0 Å². The topological polar surface area (TPSA) is 80.9 Å². The van der Waals surface area contributed by atoms with Crippen LogP contribution in [0.2, 0.25) is 0 Å². The van der Waals surface area contributed by atoms with Crippen molar-refractivity contribution in [1.82, 2.24) is 0 Å². The maximum Gasteiger partial charge on any atom is 0.123 e. The van der Waals surface area contributed by atoms with Gasteiger partial charge in [0, 0.05) is 11.1 Å². The first-order valence-electron chi connectivity index (χ1n) is 5.28. The van der Waals surface area contributed by atoms with Gasteiger partial charge in [-0.05, 0) is 36.4 Å². The molecule has 0 fully saturated rings. The summed E-state index contributed by atoms with van der Waals surface area (Å²) in [7, 11) is 0. The molecule has 0 bridgehead atoms. The van der Waals surface area contributed by atoms with Crippen molar-refractivity contribution in [3.63, 3.8) is 0 Å². The minimum absolute atomic E-state index is 0.0173. The van der Waals surface area contributed by atoms with E-state index in [1.54, 1.807) is 0 Å². The summed E-state index contributed by atoms with van der Waals surface area (Å²) in [5, 5.41) is 37.7. The molecule has 18 heavy (non-hydrogen) atoms. The zero-order chi connectivity index (χ0) is 13.1. The van der Waals surface area contributed by atoms with Crippen molar-refractivity contribution in [3.05, 3.63) is 47.5 Å². The third-order valence-electron chi connectivity index (χ3n) is 2.46. The molecule has 0 aliphatic heterocycles. The number of rotatable bonds is 2. The SMILES string of the molecule is Oc1ccc(O)c(/C=C/c2cc(O)ccc2O)c1. The van der Waals surface area contributed by atoms with Gasteiger partial charge < -0.3 is 20.4 Å². The molecule has 4 heteroatoms. The average molecular weight is 244 g/mol. The maximum absolute atomic E-state index is 9.56. The Morgan fingerprint density at radius 1 is 0.611 bits per heavy atom. The molecule has 0 saturated carbocycles. The standard InChI is InChI=1S/C14H12O4/c15-11-3-5-13(17)9(7-11)1-2-10-8-12(16)4-6-14(10)18/h1-8,15-18H/b2-1+. The summed E-state index contributed by atoms with van der Waals surface area (Å²) < 4.78 is 0. The Hall–Kier alpha value is -2.62. The highest BCUT2D eigenvalue weighted by atomic mass is 16.3. The molecule has 2 aromatic carbocycles. The molecular weight excluding hydrogens is 232 g/mol. The van der Waals surface area contributed by atoms with Crippen molar-refractivity contribution in [2.45, 2.75) is 0 Å². The summed E-state index contributed by atoms with van der Waals surface area (Å²) in [6.45, 7) is 0. The number of benzene rings is 2. The summed E-state index contributed by atoms with van der Waals surface area (Å²) >= 11 is 0. The van der Waals surface area contributed by atoms with E-state index in [2.05, 4.69) is 0 Å². The summed E-state index contributed by atoms with van der Waals surface area (Å²) in [4.78, 5) is 0. The Balaban J connectivity index is 2.35. The van der Waals surface area contributed by atoms with Crippen molar-refractivity contribution >= 4 is 12.2 Å². The summed E-state index contributed by atoms with van der Waals surface area (Å²) in [6, 6.07) is 8.28. The van der Waals surface area contributed by atoms with Gasteiger partial charge in [-0.25, -0.2) is 0 Å². The average Bonchev–Trinajstić information content (AvgIpc) is 2.34. The minimum Gasteiger partial charge on any atom is -0.508 e. The summed E-state index contributed by atoms with van der Waals surface area (Å²) in [5.41, 5.74) is 0.829. The lowest BCUT2D eigenvalue weighted by molar-refractivity contribution is 0.458. The predicted octanol–water partition coefficient (Wildman–Crippen LogP) is 2.68. The molecule has 0 aromatic heterocycles. The highest BCUT2D eigenvalue weighted by molar-refractivity contribution is 5.75. The quantitative estimate of drug-likeness (QED) is 0.483. The van der Waals surface area contributed by atoms with Crippen LogP contribution >= 0.6 is 0 Å². The number of phenols is 4. The van der Waals surface area contributed by atoms with Crippen LogP contribution in [0.5, 0.6) is 23.0 Å². The van der Waals surface area contributed by atoms with Crippen molar-refractivity contribution in [3.8, 4) is 23.0 Å². The molecular formula is C14H12O4. The number of phenolic OH excluding ortho intramolecular Hbond substituents is 4. The molecule has 4 N–H and O–H groups in total. The molecule has 0 saturated heterocycles. The molecule has 0 heterocycles. The Labute approximate surface area is 104 Å². The van der Waals surface area contributed by atoms with Gasteiger partial charge in [0.25, 0.3) is 0 Å². The van der Waals surface area contributed by atoms with Gasteiger partial charge in [-0.2, -0.15) is 0 Å². The normalized spacial score (nSPS) is 10.9. The van der Waals surface area contributed by atoms with E-state index in [1.165, 1.54) is 48.6 Å². The van der Waals surface area contributed by atoms with Crippen molar-refractivity contribution < 1.29 is 20.4 Å². The van der Waals surface area contributed by atoms with Crippen LogP contribution in [-0.4, -0.2) is 20.4 Å². The van der Waals surface area contributed by atoms with E-state index in [9.17, 15) is 20.4 Å². The fraction of sp³-hybridized carbons (Fsp3) is 0. The van der Waals surface area contributed by atoms with Gasteiger partial charge >= 0.3 is 0 Å². The summed E-state index contributed by atoms with van der Waals surface area (Å²) in [5.74, 6) is 0.104. The van der Waals surface area contributed by atoms with E-state index in [0.29, 0.717) is 11.1 Å². The fourth-order valence-electron chi connectivity index (χ4n) is 1.53. The monoisotopic (exact) mass is 244 g/mol. The van der Waals surface area contributed by atoms with Crippen LogP contribution in [0.25, 0.3) is 12.2 Å². The second-order valence-electron chi connectivity index (χ2n) is 3.82. The number of hydrogen-bond donors (Lipinski definition) is 4. The van der Waals surface area contributed by atoms with Crippen LogP contribution in [0.4, 0.5) is 0 Å². The second kappa shape index (κ2) is 4.71. The minimum atomic E-state index is 0.0173. The smallest absolute Gasteiger partial charge is 0.123 e. The molecule has 2 aromatic rings. The van der Waals surface area contributed by atoms with Gasteiger partial charge in [0.15, 0.2) is 0 Å². The molecule has 0 radical (unpaired) electrons. The van der Waals surface area contributed by atoms with Crippen LogP contribution in [0, 0.1) is 0 Å². The molecule has 92 valence electrons. The lowest BCUT2D eigenvalue weighted by Crippen LogP contribution is -1.77. The van der Waals surface area contributed by atoms with E-state index in [-0.39, 0.29) is 23.0 Å². The lowest BCUT2D eigenvalue weighted by atomic mass is 10.1. The van der Waals surface area contributed by atoms with Crippen molar-refractivity contribution in [1.29, 1.82) is 0 Å². The molecule has 0 spiro atoms. The largest absolute Gasteiger partial charge is 0.508 e. The number of hydrogen-bond acceptors (Lipinski definition) is 4. The molecule has 0 aliphatic rings. The van der Waals surface area contributed by atoms with Gasteiger partial charge in [0.2, 0.25) is 0 Å². The predicted molar refractivity (Wildman–Crippen MR) is 68.5 cm³/mol. The van der Waals surface area contributed by atoms with Crippen LogP contribution < -0.4 is 0 Å². The Kier molecular flexibility index (Phi) is 3.10. The third-order valence-corrected chi connectivity index (χ3v) is 2.46. The van der Waals surface area contributed by atoms with E-state index >= 15 is 0 Å². The number of aromatic hydroxyl groups is 4. The molecule has 2 rings (SSSR count). The zero-order valence-corrected chi connectivity index (χ0v) is 9.41. The zero-order valence-electron chi connectivity index (χ0n) is 9.41. The van der Waals surface area contributed by atoms with Gasteiger partial charge in [-0.3, -0.25) is 0 Å². The van der Waals surface area contributed by atoms with Crippen LogP contribution in [-0.2, 0) is 0 Å². The fourth-order valence-corrected chi connectivity index (χ4v) is 1.53. The highest BCUT2D eigenvalue weighted by Crippen LogP contribution is 2.27. The first-order chi connectivity index (χ1) is 8.56. The van der Waals surface area contributed by atoms with E-state index in [1.807, 2.05) is 0 Å². The lowest BCUT2D eigenvalue weighted by Gasteiger charge is -2.02. The van der Waals surface area contributed by atoms with Crippen LogP contribution in [0.1, 0.15) is 11.1 Å². The first kappa shape index (κ1) is 11.9. The third kappa shape index (κ3) is 2.55. The van der Waals surface area contributed by atoms with Gasteiger partial charge in [0.1, 0.15) is 23.0 Å². The molecule has 4 nitrogen and oxygen atoms in total. The van der Waals surface area contributed by atoms with Gasteiger partial charge in [0.05, 0.1) is 0 Å². The van der Waals surface area contributed by atoms with E-state index in [0.717, 1.165) is 0 Å². The highest BCUT2D eigenvalue weighted by Gasteiger charge is 2.01. The Morgan fingerprint density at radius 3 is 1.39 bits per heavy atom. The van der Waals surface area contributed by atoms with Crippen molar-refractivity contribution in [2.24, 2.45) is 0 Å². The Bertz CT molecular complexity index is 549. The summed E-state index contributed by atoms with van der Waals surface area (Å²) in [6.07, 6.45) is 3.06.